The number of alkyl halides is 1. The number of anilines is 2. The average Bonchev–Trinajstić information content (AvgIpc) is 3.74. The van der Waals surface area contributed by atoms with Gasteiger partial charge in [0.2, 0.25) is 0 Å². The van der Waals surface area contributed by atoms with Gasteiger partial charge in [0.25, 0.3) is 0 Å². The molecule has 0 unspecified atom stereocenters. The normalized spacial score (nSPS) is 21.2. The van der Waals surface area contributed by atoms with Crippen molar-refractivity contribution in [2.75, 3.05) is 36.5 Å². The van der Waals surface area contributed by atoms with Crippen molar-refractivity contribution in [3.63, 3.8) is 0 Å². The van der Waals surface area contributed by atoms with Gasteiger partial charge in [-0.15, -0.1) is 0 Å². The lowest BCUT2D eigenvalue weighted by molar-refractivity contribution is 0.107. The van der Waals surface area contributed by atoms with Gasteiger partial charge in [0.05, 0.1) is 17.8 Å². The van der Waals surface area contributed by atoms with Crippen LogP contribution in [0.2, 0.25) is 0 Å². The molecular formula is C35H37F2N7O2. The van der Waals surface area contributed by atoms with Crippen molar-refractivity contribution < 1.29 is 18.6 Å². The van der Waals surface area contributed by atoms with Gasteiger partial charge in [0, 0.05) is 66.5 Å². The molecule has 0 radical (unpaired) electrons. The van der Waals surface area contributed by atoms with Crippen LogP contribution in [-0.2, 0) is 25.9 Å². The lowest BCUT2D eigenvalue weighted by atomic mass is 9.95. The number of phenols is 1. The summed E-state index contributed by atoms with van der Waals surface area (Å²) in [5.74, 6) is 0.584. The van der Waals surface area contributed by atoms with Crippen molar-refractivity contribution in [3.05, 3.63) is 77.0 Å². The van der Waals surface area contributed by atoms with E-state index in [4.69, 9.17) is 14.7 Å². The molecule has 9 nitrogen and oxygen atoms in total. The standard InChI is InChI=1S/C35H37F2N7O2/c1-2-25-28(37)7-6-21-13-24(45)14-30(31(21)25)43-12-8-27-29(19-43)41-34(46-20-35-9-4-11-44(35)18-23(36)15-35)42-33(27)40-17-22-16-39-32-26(22)5-3-10-38-32/h3,5-7,10,13-14,16,23,45H,2,4,8-9,11-12,15,17-20H2,1H3,(H,38,39)(H,40,41,42)/t23-,35+/m1/s1. The number of hydrogen-bond acceptors (Lipinski definition) is 8. The second kappa shape index (κ2) is 11.4. The molecule has 2 fully saturated rings. The Kier molecular flexibility index (Phi) is 7.16. The molecule has 0 spiro atoms. The number of aromatic nitrogens is 4. The first kappa shape index (κ1) is 28.9. The van der Waals surface area contributed by atoms with Gasteiger partial charge in [0.15, 0.2) is 0 Å². The van der Waals surface area contributed by atoms with E-state index in [2.05, 4.69) is 25.1 Å². The molecule has 0 aliphatic carbocycles. The number of nitrogens with one attached hydrogen (secondary N) is 2. The van der Waals surface area contributed by atoms with E-state index in [0.29, 0.717) is 63.4 Å². The van der Waals surface area contributed by atoms with Gasteiger partial charge in [-0.3, -0.25) is 4.90 Å². The van der Waals surface area contributed by atoms with E-state index in [1.165, 1.54) is 6.07 Å². The Labute approximate surface area is 265 Å². The highest BCUT2D eigenvalue weighted by atomic mass is 19.1. The Balaban J connectivity index is 1.14. The molecule has 3 N–H and O–H groups in total. The average molecular weight is 626 g/mol. The van der Waals surface area contributed by atoms with Crippen LogP contribution in [0.5, 0.6) is 11.8 Å². The van der Waals surface area contributed by atoms with Crippen molar-refractivity contribution in [1.29, 1.82) is 0 Å². The number of benzene rings is 2. The lowest BCUT2D eigenvalue weighted by Crippen LogP contribution is -2.43. The number of halogens is 2. The number of fused-ring (bicyclic) bond motifs is 4. The second-order valence-corrected chi connectivity index (χ2v) is 12.8. The monoisotopic (exact) mass is 625 g/mol. The molecule has 0 saturated carbocycles. The van der Waals surface area contributed by atoms with Crippen LogP contribution < -0.4 is 15.0 Å². The number of phenolic OH excluding ortho intramolecular Hbond substituents is 1. The number of H-pyrrole nitrogens is 1. The molecule has 3 aromatic heterocycles. The number of hydrogen-bond donors (Lipinski definition) is 3. The van der Waals surface area contributed by atoms with Crippen LogP contribution in [0.25, 0.3) is 21.8 Å². The third kappa shape index (κ3) is 4.97. The summed E-state index contributed by atoms with van der Waals surface area (Å²) in [5.41, 5.74) is 4.78. The van der Waals surface area contributed by atoms with E-state index in [1.807, 2.05) is 25.3 Å². The molecule has 6 heterocycles. The van der Waals surface area contributed by atoms with Gasteiger partial charge in [-0.2, -0.15) is 9.97 Å². The number of pyridine rings is 1. The predicted molar refractivity (Wildman–Crippen MR) is 174 cm³/mol. The smallest absolute Gasteiger partial charge is 0.318 e. The molecular weight excluding hydrogens is 588 g/mol. The van der Waals surface area contributed by atoms with E-state index >= 15 is 0 Å². The predicted octanol–water partition coefficient (Wildman–Crippen LogP) is 6.04. The number of nitrogens with zero attached hydrogens (tertiary/aromatic N) is 5. The minimum Gasteiger partial charge on any atom is -0.508 e. The molecule has 5 aromatic rings. The molecule has 46 heavy (non-hydrogen) atoms. The fourth-order valence-electron chi connectivity index (χ4n) is 7.88. The minimum atomic E-state index is -0.847. The van der Waals surface area contributed by atoms with E-state index in [0.717, 1.165) is 63.7 Å². The maximum Gasteiger partial charge on any atom is 0.318 e. The van der Waals surface area contributed by atoms with Crippen molar-refractivity contribution >= 4 is 33.3 Å². The highest BCUT2D eigenvalue weighted by Gasteiger charge is 2.49. The van der Waals surface area contributed by atoms with Gasteiger partial charge >= 0.3 is 6.01 Å². The van der Waals surface area contributed by atoms with Crippen LogP contribution in [-0.4, -0.2) is 67.9 Å². The van der Waals surface area contributed by atoms with Crippen LogP contribution in [0, 0.1) is 5.82 Å². The van der Waals surface area contributed by atoms with Crippen molar-refractivity contribution in [2.45, 2.75) is 63.8 Å². The number of rotatable bonds is 8. The van der Waals surface area contributed by atoms with Crippen molar-refractivity contribution in [2.24, 2.45) is 0 Å². The summed E-state index contributed by atoms with van der Waals surface area (Å²) < 4.78 is 35.8. The number of aromatic hydroxyl groups is 1. The van der Waals surface area contributed by atoms with Crippen LogP contribution in [0.4, 0.5) is 20.3 Å². The van der Waals surface area contributed by atoms with E-state index in [9.17, 15) is 13.9 Å². The molecule has 2 aromatic carbocycles. The zero-order chi connectivity index (χ0) is 31.4. The SMILES string of the molecule is CCc1c(F)ccc2cc(O)cc(N3CCc4c(nc(OC[C@@]56CCCN5C[C@H](F)C6)nc4NCc4c[nH]c5ncccc45)C3)c12. The molecule has 0 bridgehead atoms. The van der Waals surface area contributed by atoms with E-state index < -0.39 is 6.17 Å². The van der Waals surface area contributed by atoms with Gasteiger partial charge in [-0.25, -0.2) is 13.8 Å². The van der Waals surface area contributed by atoms with Crippen molar-refractivity contribution in [1.82, 2.24) is 24.8 Å². The quantitative estimate of drug-likeness (QED) is 0.192. The molecule has 8 rings (SSSR count). The first-order valence-electron chi connectivity index (χ1n) is 16.2. The van der Waals surface area contributed by atoms with Gasteiger partial charge in [-0.05, 0) is 73.0 Å². The molecule has 3 aliphatic rings. The Hall–Kier alpha value is -4.51. The Morgan fingerprint density at radius 3 is 3.00 bits per heavy atom. The molecule has 2 saturated heterocycles. The fourth-order valence-corrected chi connectivity index (χ4v) is 7.88. The summed E-state index contributed by atoms with van der Waals surface area (Å²) in [6.07, 6.45) is 6.43. The molecule has 3 aliphatic heterocycles. The maximum absolute atomic E-state index is 15.0. The summed E-state index contributed by atoms with van der Waals surface area (Å²) >= 11 is 0. The largest absolute Gasteiger partial charge is 0.508 e. The van der Waals surface area contributed by atoms with E-state index in [1.54, 1.807) is 24.4 Å². The van der Waals surface area contributed by atoms with Crippen LogP contribution in [0.3, 0.4) is 0 Å². The molecule has 238 valence electrons. The van der Waals surface area contributed by atoms with E-state index in [-0.39, 0.29) is 23.1 Å². The number of aromatic amines is 1. The summed E-state index contributed by atoms with van der Waals surface area (Å²) in [4.78, 5) is 21.8. The third-order valence-corrected chi connectivity index (χ3v) is 10.1. The Bertz CT molecular complexity index is 1950. The first-order valence-corrected chi connectivity index (χ1v) is 16.2. The minimum absolute atomic E-state index is 0.132. The Morgan fingerprint density at radius 2 is 2.11 bits per heavy atom. The summed E-state index contributed by atoms with van der Waals surface area (Å²) in [7, 11) is 0. The van der Waals surface area contributed by atoms with Crippen LogP contribution >= 0.6 is 0 Å². The lowest BCUT2D eigenvalue weighted by Gasteiger charge is -2.33. The number of ether oxygens (including phenoxy) is 1. The highest BCUT2D eigenvalue weighted by Crippen LogP contribution is 2.41. The summed E-state index contributed by atoms with van der Waals surface area (Å²) in [5, 5.41) is 16.8. The molecule has 11 heteroatoms. The summed E-state index contributed by atoms with van der Waals surface area (Å²) in [6.45, 7) is 5.20. The van der Waals surface area contributed by atoms with Gasteiger partial charge in [-0.1, -0.05) is 13.0 Å². The summed E-state index contributed by atoms with van der Waals surface area (Å²) in [6, 6.07) is 10.8. The third-order valence-electron chi connectivity index (χ3n) is 10.1. The second-order valence-electron chi connectivity index (χ2n) is 12.8. The fraction of sp³-hybridized carbons (Fsp3) is 0.400. The number of aryl methyl sites for hydroxylation is 1. The zero-order valence-corrected chi connectivity index (χ0v) is 25.8. The zero-order valence-electron chi connectivity index (χ0n) is 25.8. The topological polar surface area (TPSA) is 102 Å². The molecule has 2 atom stereocenters. The van der Waals surface area contributed by atoms with Crippen LogP contribution in [0.1, 0.15) is 48.6 Å². The highest BCUT2D eigenvalue weighted by molar-refractivity contribution is 5.98. The van der Waals surface area contributed by atoms with Gasteiger partial charge < -0.3 is 25.0 Å². The van der Waals surface area contributed by atoms with Crippen molar-refractivity contribution in [3.8, 4) is 11.8 Å². The first-order chi connectivity index (χ1) is 22.4. The van der Waals surface area contributed by atoms with Gasteiger partial charge in [0.1, 0.15) is 35.8 Å². The van der Waals surface area contributed by atoms with Crippen LogP contribution in [0.15, 0.2) is 48.8 Å². The maximum atomic E-state index is 15.0. The Morgan fingerprint density at radius 1 is 1.20 bits per heavy atom. The molecule has 0 amide bonds.